The van der Waals surface area contributed by atoms with Crippen LogP contribution >= 0.6 is 0 Å². The zero-order chi connectivity index (χ0) is 38.4. The summed E-state index contributed by atoms with van der Waals surface area (Å²) in [6, 6.07) is 1.80. The summed E-state index contributed by atoms with van der Waals surface area (Å²) in [5.41, 5.74) is 11.4. The predicted octanol–water partition coefficient (Wildman–Crippen LogP) is -2.68. The maximum atomic E-state index is 13.0. The number of likely N-dealkylation sites (N-methyl/N-ethyl adjacent to an activating group) is 1. The van der Waals surface area contributed by atoms with Gasteiger partial charge < -0.3 is 53.6 Å². The number of nitrogens with one attached hydrogen (secondary N) is 8. The maximum absolute atomic E-state index is 13.0. The molecule has 22 heteroatoms. The lowest BCUT2D eigenvalue weighted by molar-refractivity contribution is -0.141. The smallest absolute Gasteiger partial charge is 0.326 e. The molecular formula is C30H39N13O9. The summed E-state index contributed by atoms with van der Waals surface area (Å²) >= 11 is 0. The highest BCUT2D eigenvalue weighted by Crippen LogP contribution is 2.13. The first kappa shape index (κ1) is 39.6. The Balaban J connectivity index is 1.58. The maximum Gasteiger partial charge on any atom is 0.326 e. The third-order valence-electron chi connectivity index (χ3n) is 7.27. The molecule has 0 saturated heterocycles. The zero-order valence-corrected chi connectivity index (χ0v) is 27.8. The summed E-state index contributed by atoms with van der Waals surface area (Å²) in [5, 5.41) is 41.1. The first-order chi connectivity index (χ1) is 24.7. The van der Waals surface area contributed by atoms with Crippen LogP contribution < -0.4 is 48.9 Å². The van der Waals surface area contributed by atoms with Crippen LogP contribution in [-0.2, 0) is 30.5 Å². The number of carboxylic acid groups (broad SMARTS) is 2. The van der Waals surface area contributed by atoms with Crippen molar-refractivity contribution in [2.75, 3.05) is 24.6 Å². The molecule has 52 heavy (non-hydrogen) atoms. The van der Waals surface area contributed by atoms with E-state index in [1.807, 2.05) is 0 Å². The van der Waals surface area contributed by atoms with Crippen molar-refractivity contribution in [3.63, 3.8) is 0 Å². The minimum absolute atomic E-state index is 0.0130. The molecule has 0 aliphatic carbocycles. The number of aliphatic carboxylic acids is 2. The molecule has 0 unspecified atom stereocenters. The monoisotopic (exact) mass is 725 g/mol. The number of amides is 4. The molecule has 3 atom stereocenters. The SMILES string of the molecule is CNC(=O)[C@H](CC(=O)O)NC(=O)[C@H](CCCNC(=N)N)NC(=O)CC[C@H](NC(=O)c1ccc(NCc2cnc3nc(N)[nH]c(=O)c3n2)cc1)C(=O)O. The number of guanidine groups is 1. The Labute approximate surface area is 294 Å². The summed E-state index contributed by atoms with van der Waals surface area (Å²) in [7, 11) is 1.26. The minimum atomic E-state index is -1.49. The Kier molecular flexibility index (Phi) is 14.3. The van der Waals surface area contributed by atoms with Crippen LogP contribution in [-0.4, -0.2) is 103 Å². The number of hydrogen-bond acceptors (Lipinski definition) is 13. The number of fused-ring (bicyclic) bond motifs is 1. The fourth-order valence-electron chi connectivity index (χ4n) is 4.66. The molecule has 0 spiro atoms. The van der Waals surface area contributed by atoms with Gasteiger partial charge in [-0.05, 0) is 43.5 Å². The Morgan fingerprint density at radius 1 is 0.942 bits per heavy atom. The van der Waals surface area contributed by atoms with Gasteiger partial charge in [0.05, 0.1) is 24.9 Å². The van der Waals surface area contributed by atoms with E-state index in [2.05, 4.69) is 51.8 Å². The van der Waals surface area contributed by atoms with Gasteiger partial charge in [-0.2, -0.15) is 4.98 Å². The quantitative estimate of drug-likeness (QED) is 0.0340. The summed E-state index contributed by atoms with van der Waals surface area (Å²) in [6.45, 7) is 0.318. The van der Waals surface area contributed by atoms with Gasteiger partial charge in [0.1, 0.15) is 18.1 Å². The molecule has 0 fully saturated rings. The Morgan fingerprint density at radius 3 is 2.29 bits per heavy atom. The van der Waals surface area contributed by atoms with Gasteiger partial charge in [-0.3, -0.25) is 39.2 Å². The largest absolute Gasteiger partial charge is 0.481 e. The van der Waals surface area contributed by atoms with Crippen molar-refractivity contribution in [3.05, 3.63) is 52.1 Å². The van der Waals surface area contributed by atoms with E-state index in [1.165, 1.54) is 25.4 Å². The number of carboxylic acids is 2. The van der Waals surface area contributed by atoms with Gasteiger partial charge in [0.15, 0.2) is 17.1 Å². The van der Waals surface area contributed by atoms with E-state index in [4.69, 9.17) is 22.0 Å². The number of benzene rings is 1. The molecule has 1 aromatic carbocycles. The molecule has 2 aromatic heterocycles. The van der Waals surface area contributed by atoms with Gasteiger partial charge >= 0.3 is 11.9 Å². The van der Waals surface area contributed by atoms with Crippen molar-refractivity contribution < 1.29 is 39.0 Å². The molecule has 0 saturated carbocycles. The molecular weight excluding hydrogens is 686 g/mol. The Bertz CT molecular complexity index is 1870. The Morgan fingerprint density at radius 2 is 1.65 bits per heavy atom. The number of carbonyl (C=O) groups is 6. The molecule has 22 nitrogen and oxygen atoms in total. The highest BCUT2D eigenvalue weighted by Gasteiger charge is 2.29. The van der Waals surface area contributed by atoms with Crippen LogP contribution in [0.1, 0.15) is 48.2 Å². The van der Waals surface area contributed by atoms with Crippen molar-refractivity contribution in [1.82, 2.24) is 46.5 Å². The van der Waals surface area contributed by atoms with Crippen LogP contribution in [0.4, 0.5) is 11.6 Å². The number of hydrogen-bond donors (Lipinski definition) is 12. The summed E-state index contributed by atoms with van der Waals surface area (Å²) < 4.78 is 0. The number of nitrogens with two attached hydrogens (primary N) is 2. The van der Waals surface area contributed by atoms with Crippen LogP contribution in [0.25, 0.3) is 11.2 Å². The van der Waals surface area contributed by atoms with Crippen LogP contribution in [0.15, 0.2) is 35.3 Å². The number of nitrogens with zero attached hydrogens (tertiary/aromatic N) is 3. The average molecular weight is 726 g/mol. The molecule has 278 valence electrons. The van der Waals surface area contributed by atoms with E-state index in [0.29, 0.717) is 11.4 Å². The molecule has 3 aromatic rings. The highest BCUT2D eigenvalue weighted by atomic mass is 16.4. The van der Waals surface area contributed by atoms with Crippen LogP contribution in [0, 0.1) is 5.41 Å². The lowest BCUT2D eigenvalue weighted by Gasteiger charge is -2.22. The van der Waals surface area contributed by atoms with Crippen molar-refractivity contribution in [1.29, 1.82) is 5.41 Å². The van der Waals surface area contributed by atoms with Gasteiger partial charge in [0.2, 0.25) is 23.7 Å². The predicted molar refractivity (Wildman–Crippen MR) is 184 cm³/mol. The first-order valence-electron chi connectivity index (χ1n) is 15.7. The second-order valence-corrected chi connectivity index (χ2v) is 11.2. The van der Waals surface area contributed by atoms with Gasteiger partial charge in [0, 0.05) is 31.3 Å². The molecule has 4 amide bonds. The number of anilines is 2. The third-order valence-corrected chi connectivity index (χ3v) is 7.27. The van der Waals surface area contributed by atoms with Crippen molar-refractivity contribution in [3.8, 4) is 0 Å². The molecule has 0 aliphatic rings. The van der Waals surface area contributed by atoms with Crippen LogP contribution in [0.3, 0.4) is 0 Å². The fourth-order valence-corrected chi connectivity index (χ4v) is 4.66. The molecule has 0 bridgehead atoms. The first-order valence-corrected chi connectivity index (χ1v) is 15.7. The van der Waals surface area contributed by atoms with Gasteiger partial charge in [-0.15, -0.1) is 0 Å². The second-order valence-electron chi connectivity index (χ2n) is 11.2. The van der Waals surface area contributed by atoms with E-state index < -0.39 is 72.1 Å². The van der Waals surface area contributed by atoms with Crippen molar-refractivity contribution in [2.24, 2.45) is 5.73 Å². The zero-order valence-electron chi connectivity index (χ0n) is 27.8. The van der Waals surface area contributed by atoms with Crippen LogP contribution in [0.2, 0.25) is 0 Å². The van der Waals surface area contributed by atoms with Gasteiger partial charge in [-0.1, -0.05) is 0 Å². The summed E-state index contributed by atoms with van der Waals surface area (Å²) in [6.07, 6.45) is 0.105. The molecule has 2 heterocycles. The number of H-pyrrole nitrogens is 1. The summed E-state index contributed by atoms with van der Waals surface area (Å²) in [5.74, 6) is -6.31. The number of nitrogen functional groups attached to an aromatic ring is 1. The molecule has 14 N–H and O–H groups in total. The van der Waals surface area contributed by atoms with Gasteiger partial charge in [0.25, 0.3) is 11.5 Å². The fraction of sp³-hybridized carbons (Fsp3) is 0.367. The van der Waals surface area contributed by atoms with E-state index >= 15 is 0 Å². The molecule has 0 aliphatic heterocycles. The van der Waals surface area contributed by atoms with Gasteiger partial charge in [-0.25, -0.2) is 14.8 Å². The third kappa shape index (κ3) is 12.2. The van der Waals surface area contributed by atoms with E-state index in [9.17, 15) is 38.7 Å². The molecule has 3 rings (SSSR count). The standard InChI is InChI=1S/C30H39N13O9/c1-34-25(48)19(11-21(45)46)41-26(49)17(3-2-10-35-29(31)32)39-20(44)9-8-18(28(51)52)40-24(47)14-4-6-15(7-5-14)36-12-16-13-37-23-22(38-16)27(50)43-30(33)42-23/h4-7,13,17-19,36H,2-3,8-12H2,1H3,(H,34,48)(H,39,44)(H,40,47)(H,41,49)(H,45,46)(H,51,52)(H4,31,32,35)(H3,33,37,42,43,50)/t17-,18-,19-/m0/s1. The lowest BCUT2D eigenvalue weighted by Crippen LogP contribution is -2.54. The Hall–Kier alpha value is -6.87. The molecule has 0 radical (unpaired) electrons. The second kappa shape index (κ2) is 18.8. The van der Waals surface area contributed by atoms with E-state index in [0.717, 1.165) is 0 Å². The van der Waals surface area contributed by atoms with Crippen LogP contribution in [0.5, 0.6) is 0 Å². The average Bonchev–Trinajstić information content (AvgIpc) is 3.09. The summed E-state index contributed by atoms with van der Waals surface area (Å²) in [4.78, 5) is 101. The topological polar surface area (TPSA) is 362 Å². The highest BCUT2D eigenvalue weighted by molar-refractivity contribution is 5.97. The number of rotatable bonds is 19. The van der Waals surface area contributed by atoms with E-state index in [1.54, 1.807) is 12.1 Å². The number of aromatic amines is 1. The van der Waals surface area contributed by atoms with Crippen molar-refractivity contribution in [2.45, 2.75) is 56.8 Å². The van der Waals surface area contributed by atoms with E-state index in [-0.39, 0.29) is 61.0 Å². The van der Waals surface area contributed by atoms with Crippen molar-refractivity contribution >= 4 is 64.3 Å². The lowest BCUT2D eigenvalue weighted by atomic mass is 10.1. The number of aromatic nitrogens is 4. The minimum Gasteiger partial charge on any atom is -0.481 e. The normalized spacial score (nSPS) is 12.4. The number of carbonyl (C=O) groups excluding carboxylic acids is 4.